The Morgan fingerprint density at radius 2 is 2.16 bits per heavy atom. The van der Waals surface area contributed by atoms with Crippen molar-refractivity contribution < 1.29 is 9.59 Å². The molecule has 0 fully saturated rings. The number of benzene rings is 1. The number of hydrogen-bond donors (Lipinski definition) is 4. The lowest BCUT2D eigenvalue weighted by molar-refractivity contribution is -0.116. The van der Waals surface area contributed by atoms with Gasteiger partial charge >= 0.3 is 0 Å². The molecule has 0 saturated carbocycles. The highest BCUT2D eigenvalue weighted by atomic mass is 16.2. The van der Waals surface area contributed by atoms with E-state index in [-0.39, 0.29) is 17.9 Å². The second-order valence-corrected chi connectivity index (χ2v) is 6.62. The molecule has 1 aromatic heterocycles. The van der Waals surface area contributed by atoms with E-state index >= 15 is 0 Å². The zero-order valence-electron chi connectivity index (χ0n) is 14.1. The van der Waals surface area contributed by atoms with Crippen molar-refractivity contribution in [3.05, 3.63) is 46.3 Å². The summed E-state index contributed by atoms with van der Waals surface area (Å²) >= 11 is 0. The molecule has 0 aliphatic carbocycles. The van der Waals surface area contributed by atoms with E-state index in [1.54, 1.807) is 0 Å². The third kappa shape index (κ3) is 3.02. The van der Waals surface area contributed by atoms with Crippen molar-refractivity contribution in [2.75, 3.05) is 11.9 Å². The average Bonchev–Trinajstić information content (AvgIpc) is 3.05. The quantitative estimate of drug-likeness (QED) is 0.680. The van der Waals surface area contributed by atoms with Gasteiger partial charge in [-0.05, 0) is 30.5 Å². The third-order valence-corrected chi connectivity index (χ3v) is 4.89. The van der Waals surface area contributed by atoms with Gasteiger partial charge in [0.05, 0.1) is 6.04 Å². The van der Waals surface area contributed by atoms with Gasteiger partial charge in [0.25, 0.3) is 5.91 Å². The van der Waals surface area contributed by atoms with Gasteiger partial charge in [0.1, 0.15) is 0 Å². The van der Waals surface area contributed by atoms with Crippen LogP contribution in [-0.2, 0) is 24.2 Å². The molecular weight excluding hydrogens is 318 g/mol. The van der Waals surface area contributed by atoms with Crippen molar-refractivity contribution in [3.8, 4) is 0 Å². The molecule has 130 valence electrons. The maximum absolute atomic E-state index is 12.6. The van der Waals surface area contributed by atoms with E-state index in [1.165, 1.54) is 0 Å². The summed E-state index contributed by atoms with van der Waals surface area (Å²) in [5, 5.41) is 16.3. The second kappa shape index (κ2) is 6.33. The zero-order chi connectivity index (χ0) is 17.4. The summed E-state index contributed by atoms with van der Waals surface area (Å²) < 4.78 is 0. The molecule has 3 heterocycles. The predicted octanol–water partition coefficient (Wildman–Crippen LogP) is 1.43. The number of nitrogens with zero attached hydrogens (tertiary/aromatic N) is 1. The monoisotopic (exact) mass is 339 g/mol. The number of hydrogen-bond acceptors (Lipinski definition) is 4. The number of anilines is 1. The first-order chi connectivity index (χ1) is 12.1. The Balaban J connectivity index is 1.50. The fourth-order valence-corrected chi connectivity index (χ4v) is 3.43. The van der Waals surface area contributed by atoms with Gasteiger partial charge in [-0.1, -0.05) is 12.1 Å². The van der Waals surface area contributed by atoms with Gasteiger partial charge in [-0.2, -0.15) is 5.10 Å². The van der Waals surface area contributed by atoms with Crippen LogP contribution in [0.4, 0.5) is 5.69 Å². The predicted molar refractivity (Wildman–Crippen MR) is 93.3 cm³/mol. The fraction of sp³-hybridized carbons (Fsp3) is 0.389. The van der Waals surface area contributed by atoms with Crippen molar-refractivity contribution in [1.82, 2.24) is 20.8 Å². The van der Waals surface area contributed by atoms with Crippen molar-refractivity contribution in [2.24, 2.45) is 0 Å². The number of H-pyrrole nitrogens is 1. The molecule has 0 saturated heterocycles. The fourth-order valence-electron chi connectivity index (χ4n) is 3.43. The summed E-state index contributed by atoms with van der Waals surface area (Å²) in [6.45, 7) is 3.53. The molecule has 2 aromatic rings. The summed E-state index contributed by atoms with van der Waals surface area (Å²) in [4.78, 5) is 24.1. The number of aryl methyl sites for hydroxylation is 1. The van der Waals surface area contributed by atoms with Crippen LogP contribution >= 0.6 is 0 Å². The van der Waals surface area contributed by atoms with Crippen LogP contribution in [0.3, 0.4) is 0 Å². The second-order valence-electron chi connectivity index (χ2n) is 6.62. The Bertz CT molecular complexity index is 842. The number of aromatic nitrogens is 2. The highest BCUT2D eigenvalue weighted by Gasteiger charge is 2.23. The lowest BCUT2D eigenvalue weighted by Gasteiger charge is -2.20. The van der Waals surface area contributed by atoms with Crippen LogP contribution in [0.5, 0.6) is 0 Å². The first kappa shape index (κ1) is 15.8. The molecule has 1 atom stereocenters. The third-order valence-electron chi connectivity index (χ3n) is 4.89. The van der Waals surface area contributed by atoms with Crippen molar-refractivity contribution >= 4 is 17.5 Å². The topological polar surface area (TPSA) is 98.9 Å². The standard InChI is InChI=1S/C18H21N5O2/c1-10(11-2-4-14-12(8-11)3-5-16(24)21-14)20-18(25)17-13-9-19-7-6-15(13)22-23-17/h2,4,8,10,19H,3,5-7,9H2,1H3,(H,20,25)(H,21,24)(H,22,23). The smallest absolute Gasteiger partial charge is 0.272 e. The summed E-state index contributed by atoms with van der Waals surface area (Å²) in [6.07, 6.45) is 2.10. The lowest BCUT2D eigenvalue weighted by atomic mass is 9.97. The lowest BCUT2D eigenvalue weighted by Crippen LogP contribution is -2.30. The molecule has 4 rings (SSSR count). The molecule has 2 amide bonds. The van der Waals surface area contributed by atoms with Crippen molar-refractivity contribution in [2.45, 2.75) is 38.8 Å². The molecule has 25 heavy (non-hydrogen) atoms. The van der Waals surface area contributed by atoms with E-state index < -0.39 is 0 Å². The number of aromatic amines is 1. The van der Waals surface area contributed by atoms with Crippen molar-refractivity contribution in [3.63, 3.8) is 0 Å². The molecule has 2 aliphatic heterocycles. The van der Waals surface area contributed by atoms with Gasteiger partial charge in [-0.25, -0.2) is 0 Å². The summed E-state index contributed by atoms with van der Waals surface area (Å²) in [5.74, 6) is -0.113. The molecule has 1 unspecified atom stereocenters. The highest BCUT2D eigenvalue weighted by molar-refractivity contribution is 5.95. The van der Waals surface area contributed by atoms with E-state index in [9.17, 15) is 9.59 Å². The van der Waals surface area contributed by atoms with Gasteiger partial charge < -0.3 is 16.0 Å². The number of carbonyl (C=O) groups is 2. The molecule has 1 aromatic carbocycles. The van der Waals surface area contributed by atoms with Crippen LogP contribution < -0.4 is 16.0 Å². The van der Waals surface area contributed by atoms with Gasteiger partial charge in [0, 0.05) is 42.9 Å². The Morgan fingerprint density at radius 3 is 3.04 bits per heavy atom. The Kier molecular flexibility index (Phi) is 4.01. The number of rotatable bonds is 3. The Morgan fingerprint density at radius 1 is 1.28 bits per heavy atom. The maximum atomic E-state index is 12.6. The van der Waals surface area contributed by atoms with Crippen LogP contribution in [0.15, 0.2) is 18.2 Å². The average molecular weight is 339 g/mol. The first-order valence-corrected chi connectivity index (χ1v) is 8.62. The number of carbonyl (C=O) groups excluding carboxylic acids is 2. The van der Waals surface area contributed by atoms with Crippen LogP contribution in [0.1, 0.15) is 52.3 Å². The molecule has 7 nitrogen and oxygen atoms in total. The molecule has 2 aliphatic rings. The maximum Gasteiger partial charge on any atom is 0.272 e. The molecular formula is C18H21N5O2. The summed E-state index contributed by atoms with van der Waals surface area (Å²) in [6, 6.07) is 5.77. The number of fused-ring (bicyclic) bond motifs is 2. The van der Waals surface area contributed by atoms with Gasteiger partial charge in [0.15, 0.2) is 5.69 Å². The van der Waals surface area contributed by atoms with Gasteiger partial charge in [-0.3, -0.25) is 14.7 Å². The van der Waals surface area contributed by atoms with E-state index in [1.807, 2.05) is 19.1 Å². The van der Waals surface area contributed by atoms with Crippen LogP contribution in [0.25, 0.3) is 0 Å². The van der Waals surface area contributed by atoms with E-state index in [0.29, 0.717) is 18.7 Å². The van der Waals surface area contributed by atoms with Crippen LogP contribution in [-0.4, -0.2) is 28.6 Å². The largest absolute Gasteiger partial charge is 0.344 e. The zero-order valence-corrected chi connectivity index (χ0v) is 14.1. The van der Waals surface area contributed by atoms with Crippen LogP contribution in [0.2, 0.25) is 0 Å². The van der Waals surface area contributed by atoms with E-state index in [2.05, 4.69) is 32.2 Å². The number of amides is 2. The molecule has 4 N–H and O–H groups in total. The summed E-state index contributed by atoms with van der Waals surface area (Å²) in [5.41, 5.74) is 5.47. The molecule has 0 radical (unpaired) electrons. The van der Waals surface area contributed by atoms with Gasteiger partial charge in [-0.15, -0.1) is 0 Å². The van der Waals surface area contributed by atoms with Gasteiger partial charge in [0.2, 0.25) is 5.91 Å². The minimum Gasteiger partial charge on any atom is -0.344 e. The normalized spacial score (nSPS) is 17.2. The summed E-state index contributed by atoms with van der Waals surface area (Å²) in [7, 11) is 0. The van der Waals surface area contributed by atoms with Crippen LogP contribution in [0, 0.1) is 0 Å². The highest BCUT2D eigenvalue weighted by Crippen LogP contribution is 2.26. The van der Waals surface area contributed by atoms with E-state index in [0.717, 1.165) is 47.5 Å². The molecule has 0 bridgehead atoms. The Labute approximate surface area is 145 Å². The van der Waals surface area contributed by atoms with E-state index in [4.69, 9.17) is 0 Å². The molecule has 0 spiro atoms. The minimum atomic E-state index is -0.167. The number of nitrogens with one attached hydrogen (secondary N) is 4. The van der Waals surface area contributed by atoms with Crippen molar-refractivity contribution in [1.29, 1.82) is 0 Å². The molecule has 7 heteroatoms. The first-order valence-electron chi connectivity index (χ1n) is 8.62. The Hall–Kier alpha value is -2.67. The minimum absolute atomic E-state index is 0.0542. The SMILES string of the molecule is CC(NC(=O)c1n[nH]c2c1CNCC2)c1ccc2c(c1)CCC(=O)N2.